The number of carbonyl (C=O) groups is 2. The largest absolute Gasteiger partial charge is 0.352 e. The number of aliphatic imine (C=N–C) groups is 1. The van der Waals surface area contributed by atoms with Gasteiger partial charge >= 0.3 is 0 Å². The summed E-state index contributed by atoms with van der Waals surface area (Å²) >= 11 is 7.10. The second-order valence-electron chi connectivity index (χ2n) is 5.46. The van der Waals surface area contributed by atoms with E-state index in [1.807, 2.05) is 30.3 Å². The minimum atomic E-state index is -0.471. The van der Waals surface area contributed by atoms with Crippen LogP contribution in [0.1, 0.15) is 12.0 Å². The summed E-state index contributed by atoms with van der Waals surface area (Å²) in [6, 6.07) is 16.6. The van der Waals surface area contributed by atoms with Crippen molar-refractivity contribution in [1.29, 1.82) is 0 Å². The van der Waals surface area contributed by atoms with Crippen LogP contribution in [0.25, 0.3) is 0 Å². The number of benzene rings is 2. The van der Waals surface area contributed by atoms with E-state index in [9.17, 15) is 9.59 Å². The molecule has 0 spiro atoms. The lowest BCUT2D eigenvalue weighted by Gasteiger charge is -2.07. The number of thioether (sulfide) groups is 1. The monoisotopic (exact) mass is 373 g/mol. The highest BCUT2D eigenvalue weighted by molar-refractivity contribution is 8.15. The first-order chi connectivity index (χ1) is 12.1. The fraction of sp³-hybridized carbons (Fsp3) is 0.167. The molecule has 7 heteroatoms. The standard InChI is InChI=1S/C18H16ClN3O2S/c19-13-6-8-14(9-7-13)21-18-22-17(24)15(25-18)10-16(23)20-11-12-4-2-1-3-5-12/h1-9,15H,10-11H2,(H,20,23)(H,21,22,24). The van der Waals surface area contributed by atoms with Crippen LogP contribution in [0.5, 0.6) is 0 Å². The molecule has 0 radical (unpaired) electrons. The van der Waals surface area contributed by atoms with E-state index in [0.717, 1.165) is 5.56 Å². The number of nitrogens with zero attached hydrogens (tertiary/aromatic N) is 1. The molecule has 2 aromatic carbocycles. The summed E-state index contributed by atoms with van der Waals surface area (Å²) < 4.78 is 0. The van der Waals surface area contributed by atoms with Crippen LogP contribution in [-0.4, -0.2) is 22.2 Å². The molecule has 1 heterocycles. The number of hydrogen-bond acceptors (Lipinski definition) is 4. The van der Waals surface area contributed by atoms with Crippen molar-refractivity contribution in [3.8, 4) is 0 Å². The molecular formula is C18H16ClN3O2S. The van der Waals surface area contributed by atoms with Crippen LogP contribution in [0.15, 0.2) is 59.6 Å². The number of hydrogen-bond donors (Lipinski definition) is 2. The average Bonchev–Trinajstić information content (AvgIpc) is 2.95. The van der Waals surface area contributed by atoms with Crippen molar-refractivity contribution in [2.75, 3.05) is 0 Å². The number of halogens is 1. The van der Waals surface area contributed by atoms with Gasteiger partial charge in [0.25, 0.3) is 0 Å². The van der Waals surface area contributed by atoms with Crippen LogP contribution < -0.4 is 10.6 Å². The fourth-order valence-corrected chi connectivity index (χ4v) is 3.38. The molecule has 1 aliphatic rings. The summed E-state index contributed by atoms with van der Waals surface area (Å²) in [5.41, 5.74) is 1.71. The van der Waals surface area contributed by atoms with Crippen molar-refractivity contribution < 1.29 is 9.59 Å². The molecular weight excluding hydrogens is 358 g/mol. The van der Waals surface area contributed by atoms with Crippen LogP contribution in [-0.2, 0) is 16.1 Å². The third-order valence-electron chi connectivity index (χ3n) is 3.54. The molecule has 3 rings (SSSR count). The Balaban J connectivity index is 1.54. The lowest BCUT2D eigenvalue weighted by Crippen LogP contribution is -2.31. The first kappa shape index (κ1) is 17.5. The van der Waals surface area contributed by atoms with E-state index in [1.165, 1.54) is 11.8 Å². The average molecular weight is 374 g/mol. The Morgan fingerprint density at radius 3 is 2.60 bits per heavy atom. The van der Waals surface area contributed by atoms with Crippen LogP contribution >= 0.6 is 23.4 Å². The maximum absolute atomic E-state index is 12.1. The van der Waals surface area contributed by atoms with E-state index < -0.39 is 5.25 Å². The van der Waals surface area contributed by atoms with Crippen LogP contribution in [0.2, 0.25) is 5.02 Å². The lowest BCUT2D eigenvalue weighted by molar-refractivity contribution is -0.125. The van der Waals surface area contributed by atoms with Gasteiger partial charge in [0, 0.05) is 18.0 Å². The molecule has 0 aromatic heterocycles. The smallest absolute Gasteiger partial charge is 0.240 e. The quantitative estimate of drug-likeness (QED) is 0.845. The van der Waals surface area contributed by atoms with E-state index >= 15 is 0 Å². The highest BCUT2D eigenvalue weighted by atomic mass is 35.5. The molecule has 2 aromatic rings. The van der Waals surface area contributed by atoms with Crippen molar-refractivity contribution >= 4 is 46.0 Å². The van der Waals surface area contributed by atoms with Gasteiger partial charge in [0.15, 0.2) is 5.17 Å². The van der Waals surface area contributed by atoms with Crippen molar-refractivity contribution in [2.24, 2.45) is 4.99 Å². The van der Waals surface area contributed by atoms with Gasteiger partial charge in [-0.15, -0.1) is 0 Å². The van der Waals surface area contributed by atoms with Crippen LogP contribution in [0, 0.1) is 0 Å². The minimum absolute atomic E-state index is 0.114. The molecule has 0 saturated carbocycles. The van der Waals surface area contributed by atoms with Gasteiger partial charge in [-0.05, 0) is 29.8 Å². The molecule has 25 heavy (non-hydrogen) atoms. The summed E-state index contributed by atoms with van der Waals surface area (Å²) in [6.07, 6.45) is 0.114. The van der Waals surface area contributed by atoms with Crippen LogP contribution in [0.3, 0.4) is 0 Å². The molecule has 0 bridgehead atoms. The van der Waals surface area contributed by atoms with Gasteiger partial charge in [0.1, 0.15) is 5.25 Å². The molecule has 2 amide bonds. The summed E-state index contributed by atoms with van der Waals surface area (Å²) in [6.45, 7) is 0.449. The second-order valence-corrected chi connectivity index (χ2v) is 7.08. The van der Waals surface area contributed by atoms with Gasteiger partial charge in [0.05, 0.1) is 5.69 Å². The third-order valence-corrected chi connectivity index (χ3v) is 4.87. The number of amides is 2. The Kier molecular flexibility index (Phi) is 5.73. The third kappa shape index (κ3) is 5.08. The molecule has 0 aliphatic carbocycles. The number of nitrogens with one attached hydrogen (secondary N) is 2. The fourth-order valence-electron chi connectivity index (χ4n) is 2.26. The molecule has 1 fully saturated rings. The highest BCUT2D eigenvalue weighted by Gasteiger charge is 2.32. The van der Waals surface area contributed by atoms with Gasteiger partial charge < -0.3 is 10.6 Å². The molecule has 5 nitrogen and oxygen atoms in total. The van der Waals surface area contributed by atoms with E-state index in [0.29, 0.717) is 22.4 Å². The van der Waals surface area contributed by atoms with Crippen LogP contribution in [0.4, 0.5) is 5.69 Å². The number of carbonyl (C=O) groups excluding carboxylic acids is 2. The second kappa shape index (κ2) is 8.18. The molecule has 128 valence electrons. The summed E-state index contributed by atoms with van der Waals surface area (Å²) in [5, 5.41) is 6.19. The Hall–Kier alpha value is -2.31. The van der Waals surface area contributed by atoms with E-state index in [-0.39, 0.29) is 18.2 Å². The Bertz CT molecular complexity index is 794. The highest BCUT2D eigenvalue weighted by Crippen LogP contribution is 2.25. The predicted molar refractivity (Wildman–Crippen MR) is 101 cm³/mol. The molecule has 1 aliphatic heterocycles. The van der Waals surface area contributed by atoms with Gasteiger partial charge in [-0.3, -0.25) is 9.59 Å². The number of rotatable bonds is 5. The zero-order chi connectivity index (χ0) is 17.6. The maximum Gasteiger partial charge on any atom is 0.240 e. The summed E-state index contributed by atoms with van der Waals surface area (Å²) in [7, 11) is 0. The zero-order valence-corrected chi connectivity index (χ0v) is 14.8. The Labute approximate surface area is 154 Å². The van der Waals surface area contributed by atoms with Crippen molar-refractivity contribution in [3.63, 3.8) is 0 Å². The first-order valence-corrected chi connectivity index (χ1v) is 8.98. The topological polar surface area (TPSA) is 70.6 Å². The van der Waals surface area contributed by atoms with E-state index in [2.05, 4.69) is 15.6 Å². The predicted octanol–water partition coefficient (Wildman–Crippen LogP) is 3.27. The molecule has 1 atom stereocenters. The lowest BCUT2D eigenvalue weighted by atomic mass is 10.2. The summed E-state index contributed by atoms with van der Waals surface area (Å²) in [4.78, 5) is 28.4. The normalized spacial score (nSPS) is 18.2. The van der Waals surface area contributed by atoms with Gasteiger partial charge in [-0.1, -0.05) is 53.7 Å². The molecule has 1 unspecified atom stereocenters. The van der Waals surface area contributed by atoms with Crippen molar-refractivity contribution in [1.82, 2.24) is 10.6 Å². The van der Waals surface area contributed by atoms with Gasteiger partial charge in [-0.2, -0.15) is 0 Å². The van der Waals surface area contributed by atoms with E-state index in [4.69, 9.17) is 11.6 Å². The summed E-state index contributed by atoms with van der Waals surface area (Å²) in [5.74, 6) is -0.364. The Morgan fingerprint density at radius 2 is 1.88 bits per heavy atom. The Morgan fingerprint density at radius 1 is 1.16 bits per heavy atom. The van der Waals surface area contributed by atoms with Gasteiger partial charge in [0.2, 0.25) is 11.8 Å². The van der Waals surface area contributed by atoms with Gasteiger partial charge in [-0.25, -0.2) is 4.99 Å². The minimum Gasteiger partial charge on any atom is -0.352 e. The first-order valence-electron chi connectivity index (χ1n) is 7.72. The molecule has 2 N–H and O–H groups in total. The SMILES string of the molecule is O=C(CC1SC(=Nc2ccc(Cl)cc2)NC1=O)NCc1ccccc1. The zero-order valence-electron chi connectivity index (χ0n) is 13.2. The van der Waals surface area contributed by atoms with E-state index in [1.54, 1.807) is 24.3 Å². The van der Waals surface area contributed by atoms with Crippen molar-refractivity contribution in [2.45, 2.75) is 18.2 Å². The van der Waals surface area contributed by atoms with Crippen molar-refractivity contribution in [3.05, 3.63) is 65.2 Å². The maximum atomic E-state index is 12.1. The number of amidine groups is 1. The molecule has 1 saturated heterocycles.